The molecule has 0 fully saturated rings. The molecule has 0 aliphatic carbocycles. The van der Waals surface area contributed by atoms with Gasteiger partial charge in [-0.2, -0.15) is 0 Å². The molecule has 0 unspecified atom stereocenters. The molecule has 0 spiro atoms. The van der Waals surface area contributed by atoms with E-state index in [1.165, 1.54) is 0 Å². The first-order valence-corrected chi connectivity index (χ1v) is 6.54. The Hall–Kier alpha value is -2.74. The van der Waals surface area contributed by atoms with Gasteiger partial charge in [0.2, 0.25) is 0 Å². The van der Waals surface area contributed by atoms with E-state index in [2.05, 4.69) is 40.4 Å². The molecular formula is C18H11N2. The van der Waals surface area contributed by atoms with E-state index in [1.54, 1.807) is 0 Å². The summed E-state index contributed by atoms with van der Waals surface area (Å²) in [6.07, 6.45) is 3.08. The van der Waals surface area contributed by atoms with E-state index in [-0.39, 0.29) is 0 Å². The van der Waals surface area contributed by atoms with Crippen molar-refractivity contribution in [1.82, 2.24) is 9.97 Å². The van der Waals surface area contributed by atoms with Crippen molar-refractivity contribution in [3.8, 4) is 11.4 Å². The SMILES string of the molecule is [c]1nc(-c2ccc3ccccc3n2)cc2ccccc12. The van der Waals surface area contributed by atoms with Gasteiger partial charge in [-0.25, -0.2) is 9.97 Å². The van der Waals surface area contributed by atoms with Crippen LogP contribution in [0.2, 0.25) is 0 Å². The number of para-hydroxylation sites is 1. The molecule has 4 aromatic rings. The number of benzene rings is 2. The first kappa shape index (κ1) is 11.1. The zero-order valence-electron chi connectivity index (χ0n) is 10.7. The third kappa shape index (κ3) is 1.82. The molecule has 2 nitrogen and oxygen atoms in total. The van der Waals surface area contributed by atoms with Crippen LogP contribution in [0.4, 0.5) is 0 Å². The Morgan fingerprint density at radius 3 is 2.45 bits per heavy atom. The summed E-state index contributed by atoms with van der Waals surface area (Å²) in [5.74, 6) is 0. The lowest BCUT2D eigenvalue weighted by Gasteiger charge is -2.04. The first-order chi connectivity index (χ1) is 9.90. The van der Waals surface area contributed by atoms with Gasteiger partial charge in [-0.05, 0) is 23.6 Å². The van der Waals surface area contributed by atoms with Crippen LogP contribution >= 0.6 is 0 Å². The lowest BCUT2D eigenvalue weighted by atomic mass is 10.1. The molecule has 0 aliphatic rings. The molecule has 2 heteroatoms. The minimum Gasteiger partial charge on any atom is -0.246 e. The van der Waals surface area contributed by atoms with Crippen molar-refractivity contribution in [3.05, 3.63) is 72.9 Å². The quantitative estimate of drug-likeness (QED) is 0.508. The lowest BCUT2D eigenvalue weighted by Crippen LogP contribution is -1.89. The highest BCUT2D eigenvalue weighted by molar-refractivity contribution is 5.86. The van der Waals surface area contributed by atoms with Gasteiger partial charge in [0.15, 0.2) is 0 Å². The minimum atomic E-state index is 0.856. The van der Waals surface area contributed by atoms with E-state index < -0.39 is 0 Å². The van der Waals surface area contributed by atoms with Crippen molar-refractivity contribution in [1.29, 1.82) is 0 Å². The molecule has 0 saturated heterocycles. The second-order valence-electron chi connectivity index (χ2n) is 4.73. The number of nitrogens with zero attached hydrogens (tertiary/aromatic N) is 2. The highest BCUT2D eigenvalue weighted by Gasteiger charge is 2.04. The van der Waals surface area contributed by atoms with Crippen LogP contribution in [0, 0.1) is 6.20 Å². The van der Waals surface area contributed by atoms with Gasteiger partial charge in [0.1, 0.15) is 0 Å². The Morgan fingerprint density at radius 1 is 0.700 bits per heavy atom. The zero-order valence-corrected chi connectivity index (χ0v) is 10.7. The molecule has 0 N–H and O–H groups in total. The Bertz CT molecular complexity index is 836. The van der Waals surface area contributed by atoms with Crippen molar-refractivity contribution >= 4 is 21.7 Å². The monoisotopic (exact) mass is 255 g/mol. The van der Waals surface area contributed by atoms with Crippen LogP contribution in [0.5, 0.6) is 0 Å². The molecule has 4 rings (SSSR count). The minimum absolute atomic E-state index is 0.856. The zero-order chi connectivity index (χ0) is 13.4. The molecule has 0 saturated carbocycles. The van der Waals surface area contributed by atoms with Crippen LogP contribution in [-0.2, 0) is 0 Å². The number of fused-ring (bicyclic) bond motifs is 2. The Labute approximate surface area is 116 Å². The molecule has 2 heterocycles. The van der Waals surface area contributed by atoms with Gasteiger partial charge < -0.3 is 0 Å². The van der Waals surface area contributed by atoms with Gasteiger partial charge in [-0.15, -0.1) is 0 Å². The third-order valence-corrected chi connectivity index (χ3v) is 3.41. The molecular weight excluding hydrogens is 244 g/mol. The van der Waals surface area contributed by atoms with Crippen LogP contribution in [0.15, 0.2) is 66.7 Å². The maximum Gasteiger partial charge on any atom is 0.0979 e. The molecule has 0 amide bonds. The van der Waals surface area contributed by atoms with E-state index in [1.807, 2.05) is 42.5 Å². The Kier molecular flexibility index (Phi) is 2.46. The molecule has 20 heavy (non-hydrogen) atoms. The van der Waals surface area contributed by atoms with Crippen molar-refractivity contribution in [2.75, 3.05) is 0 Å². The standard InChI is InChI=1S/C18H11N2/c1-2-7-15-12-19-18(11-14(15)6-1)17-10-9-13-5-3-4-8-16(13)20-17/h1-11H. The summed E-state index contributed by atoms with van der Waals surface area (Å²) in [4.78, 5) is 9.07. The Balaban J connectivity index is 1.91. The predicted octanol–water partition coefficient (Wildman–Crippen LogP) is 4.25. The van der Waals surface area contributed by atoms with Gasteiger partial charge >= 0.3 is 0 Å². The van der Waals surface area contributed by atoms with E-state index in [4.69, 9.17) is 0 Å². The molecule has 93 valence electrons. The average molecular weight is 255 g/mol. The number of rotatable bonds is 1. The largest absolute Gasteiger partial charge is 0.246 e. The molecule has 2 aromatic heterocycles. The van der Waals surface area contributed by atoms with E-state index in [0.29, 0.717) is 0 Å². The van der Waals surface area contributed by atoms with Gasteiger partial charge in [0.25, 0.3) is 0 Å². The molecule has 0 bridgehead atoms. The fourth-order valence-electron chi connectivity index (χ4n) is 2.36. The van der Waals surface area contributed by atoms with Crippen LogP contribution in [-0.4, -0.2) is 9.97 Å². The van der Waals surface area contributed by atoms with E-state index in [9.17, 15) is 0 Å². The molecule has 2 aromatic carbocycles. The van der Waals surface area contributed by atoms with Crippen molar-refractivity contribution < 1.29 is 0 Å². The third-order valence-electron chi connectivity index (χ3n) is 3.41. The normalized spacial score (nSPS) is 11.0. The maximum absolute atomic E-state index is 4.67. The summed E-state index contributed by atoms with van der Waals surface area (Å²) in [5.41, 5.74) is 2.72. The summed E-state index contributed by atoms with van der Waals surface area (Å²) in [6, 6.07) is 22.3. The first-order valence-electron chi connectivity index (χ1n) is 6.54. The van der Waals surface area contributed by atoms with Crippen LogP contribution in [0.3, 0.4) is 0 Å². The van der Waals surface area contributed by atoms with Crippen LogP contribution in [0.1, 0.15) is 0 Å². The van der Waals surface area contributed by atoms with Crippen molar-refractivity contribution in [2.45, 2.75) is 0 Å². The number of hydrogen-bond acceptors (Lipinski definition) is 2. The summed E-state index contributed by atoms with van der Waals surface area (Å²) in [5, 5.41) is 3.30. The maximum atomic E-state index is 4.67. The summed E-state index contributed by atoms with van der Waals surface area (Å²) in [7, 11) is 0. The highest BCUT2D eigenvalue weighted by Crippen LogP contribution is 2.22. The summed E-state index contributed by atoms with van der Waals surface area (Å²) in [6.45, 7) is 0. The molecule has 1 radical (unpaired) electrons. The van der Waals surface area contributed by atoms with Crippen molar-refractivity contribution in [2.24, 2.45) is 0 Å². The molecule has 0 aliphatic heterocycles. The van der Waals surface area contributed by atoms with Gasteiger partial charge in [0, 0.05) is 10.8 Å². The van der Waals surface area contributed by atoms with Gasteiger partial charge in [-0.3, -0.25) is 0 Å². The van der Waals surface area contributed by atoms with Crippen molar-refractivity contribution in [3.63, 3.8) is 0 Å². The second-order valence-corrected chi connectivity index (χ2v) is 4.73. The average Bonchev–Trinajstić information content (AvgIpc) is 2.54. The number of aromatic nitrogens is 2. The Morgan fingerprint density at radius 2 is 1.50 bits per heavy atom. The highest BCUT2D eigenvalue weighted by atomic mass is 14.8. The van der Waals surface area contributed by atoms with E-state index >= 15 is 0 Å². The van der Waals surface area contributed by atoms with Crippen LogP contribution in [0.25, 0.3) is 33.1 Å². The van der Waals surface area contributed by atoms with Crippen LogP contribution < -0.4 is 0 Å². The second kappa shape index (κ2) is 4.42. The number of hydrogen-bond donors (Lipinski definition) is 0. The summed E-state index contributed by atoms with van der Waals surface area (Å²) < 4.78 is 0. The van der Waals surface area contributed by atoms with E-state index in [0.717, 1.165) is 33.1 Å². The van der Waals surface area contributed by atoms with Gasteiger partial charge in [-0.1, -0.05) is 48.5 Å². The number of pyridine rings is 2. The fraction of sp³-hybridized carbons (Fsp3) is 0. The van der Waals surface area contributed by atoms with Gasteiger partial charge in [0.05, 0.1) is 23.1 Å². The lowest BCUT2D eigenvalue weighted by molar-refractivity contribution is 1.29. The molecule has 0 atom stereocenters. The fourth-order valence-corrected chi connectivity index (χ4v) is 2.36. The topological polar surface area (TPSA) is 25.8 Å². The summed E-state index contributed by atoms with van der Waals surface area (Å²) >= 11 is 0. The predicted molar refractivity (Wildman–Crippen MR) is 81.3 cm³/mol. The smallest absolute Gasteiger partial charge is 0.0979 e.